The minimum atomic E-state index is -0.154. The first-order valence-electron chi connectivity index (χ1n) is 10.0. The van der Waals surface area contributed by atoms with Crippen molar-refractivity contribution in [2.75, 3.05) is 19.8 Å². The van der Waals surface area contributed by atoms with E-state index in [4.69, 9.17) is 9.47 Å². The predicted octanol–water partition coefficient (Wildman–Crippen LogP) is 3.90. The smallest absolute Gasteiger partial charge is 0.150 e. The van der Waals surface area contributed by atoms with Gasteiger partial charge in [0.25, 0.3) is 0 Å². The molecule has 0 radical (unpaired) electrons. The molecule has 2 aromatic rings. The third-order valence-electron chi connectivity index (χ3n) is 5.40. The summed E-state index contributed by atoms with van der Waals surface area (Å²) >= 11 is 0. The van der Waals surface area contributed by atoms with Crippen molar-refractivity contribution in [3.63, 3.8) is 0 Å². The molecule has 3 heterocycles. The van der Waals surface area contributed by atoms with Gasteiger partial charge in [-0.2, -0.15) is 5.10 Å². The highest BCUT2D eigenvalue weighted by Crippen LogP contribution is 2.25. The molecule has 2 aliphatic heterocycles. The largest absolute Gasteiger partial charge is 0.377 e. The number of aromatic nitrogens is 2. The summed E-state index contributed by atoms with van der Waals surface area (Å²) in [6.07, 6.45) is 7.52. The molecule has 0 spiro atoms. The lowest BCUT2D eigenvalue weighted by molar-refractivity contribution is -0.0424. The van der Waals surface area contributed by atoms with Crippen LogP contribution in [0.15, 0.2) is 36.5 Å². The van der Waals surface area contributed by atoms with Gasteiger partial charge in [0, 0.05) is 44.6 Å². The highest BCUT2D eigenvalue weighted by atomic mass is 19.1. The van der Waals surface area contributed by atoms with Crippen molar-refractivity contribution < 1.29 is 13.9 Å². The number of ether oxygens (including phenoxy) is 2. The van der Waals surface area contributed by atoms with E-state index in [2.05, 4.69) is 10.00 Å². The first kappa shape index (κ1) is 18.6. The van der Waals surface area contributed by atoms with Gasteiger partial charge < -0.3 is 9.47 Å². The molecule has 5 nitrogen and oxygen atoms in total. The van der Waals surface area contributed by atoms with Crippen molar-refractivity contribution in [1.29, 1.82) is 0 Å². The van der Waals surface area contributed by atoms with Gasteiger partial charge >= 0.3 is 0 Å². The maximum atomic E-state index is 14.2. The van der Waals surface area contributed by atoms with E-state index in [1.165, 1.54) is 12.5 Å². The van der Waals surface area contributed by atoms with Gasteiger partial charge in [-0.15, -0.1) is 0 Å². The van der Waals surface area contributed by atoms with Crippen LogP contribution in [0, 0.1) is 5.82 Å². The van der Waals surface area contributed by atoms with Gasteiger partial charge in [0.05, 0.1) is 11.8 Å². The van der Waals surface area contributed by atoms with E-state index in [0.29, 0.717) is 13.1 Å². The molecule has 0 bridgehead atoms. The van der Waals surface area contributed by atoms with E-state index in [-0.39, 0.29) is 18.1 Å². The average molecular weight is 373 g/mol. The van der Waals surface area contributed by atoms with Crippen LogP contribution < -0.4 is 0 Å². The Hall–Kier alpha value is -1.76. The van der Waals surface area contributed by atoms with Crippen LogP contribution >= 0.6 is 0 Å². The average Bonchev–Trinajstić information content (AvgIpc) is 3.36. The molecule has 0 saturated carbocycles. The molecule has 146 valence electrons. The van der Waals surface area contributed by atoms with Crippen molar-refractivity contribution in [3.8, 4) is 0 Å². The number of hydrogen-bond acceptors (Lipinski definition) is 4. The minimum Gasteiger partial charge on any atom is -0.377 e. The zero-order valence-corrected chi connectivity index (χ0v) is 15.7. The van der Waals surface area contributed by atoms with Crippen LogP contribution in [-0.4, -0.2) is 40.5 Å². The van der Waals surface area contributed by atoms with Crippen molar-refractivity contribution in [3.05, 3.63) is 53.6 Å². The van der Waals surface area contributed by atoms with Gasteiger partial charge in [0.1, 0.15) is 5.82 Å². The fourth-order valence-electron chi connectivity index (χ4n) is 4.00. The summed E-state index contributed by atoms with van der Waals surface area (Å²) in [6, 6.07) is 9.06. The van der Waals surface area contributed by atoms with Crippen LogP contribution in [0.5, 0.6) is 0 Å². The summed E-state index contributed by atoms with van der Waals surface area (Å²) in [6.45, 7) is 3.67. The fourth-order valence-corrected chi connectivity index (χ4v) is 4.00. The molecule has 0 aliphatic carbocycles. The Labute approximate surface area is 160 Å². The predicted molar refractivity (Wildman–Crippen MR) is 101 cm³/mol. The van der Waals surface area contributed by atoms with Gasteiger partial charge in [-0.3, -0.25) is 4.90 Å². The molecule has 27 heavy (non-hydrogen) atoms. The Bertz CT molecular complexity index is 724. The molecule has 4 rings (SSSR count). The monoisotopic (exact) mass is 373 g/mol. The van der Waals surface area contributed by atoms with E-state index < -0.39 is 0 Å². The summed E-state index contributed by atoms with van der Waals surface area (Å²) in [5, 5.41) is 4.51. The third kappa shape index (κ3) is 4.75. The van der Waals surface area contributed by atoms with E-state index in [9.17, 15) is 4.39 Å². The molecular weight excluding hydrogens is 345 g/mol. The van der Waals surface area contributed by atoms with Crippen LogP contribution in [0.4, 0.5) is 4.39 Å². The Morgan fingerprint density at radius 3 is 2.70 bits per heavy atom. The normalized spacial score (nSPS) is 23.2. The topological polar surface area (TPSA) is 39.5 Å². The lowest BCUT2D eigenvalue weighted by Crippen LogP contribution is -2.33. The van der Waals surface area contributed by atoms with Crippen molar-refractivity contribution in [1.82, 2.24) is 14.7 Å². The molecule has 2 fully saturated rings. The van der Waals surface area contributed by atoms with Crippen LogP contribution in [0.2, 0.25) is 0 Å². The van der Waals surface area contributed by atoms with Gasteiger partial charge in [-0.25, -0.2) is 9.07 Å². The minimum absolute atomic E-state index is 0.0155. The number of rotatable bonds is 7. The summed E-state index contributed by atoms with van der Waals surface area (Å²) < 4.78 is 28.0. The van der Waals surface area contributed by atoms with Crippen LogP contribution in [0.3, 0.4) is 0 Å². The van der Waals surface area contributed by atoms with Crippen LogP contribution in [0.1, 0.15) is 49.6 Å². The Morgan fingerprint density at radius 1 is 1.04 bits per heavy atom. The van der Waals surface area contributed by atoms with Crippen molar-refractivity contribution in [2.24, 2.45) is 0 Å². The summed E-state index contributed by atoms with van der Waals surface area (Å²) in [4.78, 5) is 2.27. The molecular formula is C21H28FN3O2. The zero-order chi connectivity index (χ0) is 18.5. The Kier molecular flexibility index (Phi) is 6.17. The summed E-state index contributed by atoms with van der Waals surface area (Å²) in [5.41, 5.74) is 1.83. The first-order chi connectivity index (χ1) is 13.3. The third-order valence-corrected chi connectivity index (χ3v) is 5.40. The lowest BCUT2D eigenvalue weighted by Gasteiger charge is -2.28. The quantitative estimate of drug-likeness (QED) is 0.738. The van der Waals surface area contributed by atoms with E-state index >= 15 is 0 Å². The highest BCUT2D eigenvalue weighted by Gasteiger charge is 2.23. The summed E-state index contributed by atoms with van der Waals surface area (Å²) in [7, 11) is 0. The van der Waals surface area contributed by atoms with E-state index in [1.807, 2.05) is 29.1 Å². The molecule has 2 aliphatic rings. The number of halogens is 1. The maximum absolute atomic E-state index is 14.2. The molecule has 2 saturated heterocycles. The molecule has 1 aromatic carbocycles. The molecule has 1 aromatic heterocycles. The molecule has 6 heteroatoms. The molecule has 0 amide bonds. The van der Waals surface area contributed by atoms with Crippen LogP contribution in [0.25, 0.3) is 0 Å². The standard InChI is InChI=1S/C21H28FN3O2/c22-20-8-2-1-6-17(20)14-24(16-19-7-5-13-26-19)15-18-10-11-23-25(18)21-9-3-4-12-27-21/h1-2,6,8,10-11,19,21H,3-5,7,9,12-16H2/t19-,21+/m1/s1. The van der Waals surface area contributed by atoms with E-state index in [1.54, 1.807) is 6.07 Å². The van der Waals surface area contributed by atoms with E-state index in [0.717, 1.165) is 56.7 Å². The number of hydrogen-bond donors (Lipinski definition) is 0. The first-order valence-corrected chi connectivity index (χ1v) is 10.0. The van der Waals surface area contributed by atoms with Gasteiger partial charge in [-0.1, -0.05) is 18.2 Å². The Balaban J connectivity index is 1.50. The lowest BCUT2D eigenvalue weighted by atomic mass is 10.1. The second kappa shape index (κ2) is 8.95. The SMILES string of the molecule is Fc1ccccc1CN(Cc1ccnn1[C@@H]1CCCCO1)C[C@H]1CCCO1. The van der Waals surface area contributed by atoms with Crippen molar-refractivity contribution in [2.45, 2.75) is 57.5 Å². The number of benzene rings is 1. The van der Waals surface area contributed by atoms with Crippen molar-refractivity contribution >= 4 is 0 Å². The highest BCUT2D eigenvalue weighted by molar-refractivity contribution is 5.17. The zero-order valence-electron chi connectivity index (χ0n) is 15.7. The summed E-state index contributed by atoms with van der Waals surface area (Å²) in [5.74, 6) is -0.154. The second-order valence-corrected chi connectivity index (χ2v) is 7.48. The maximum Gasteiger partial charge on any atom is 0.150 e. The van der Waals surface area contributed by atoms with Crippen LogP contribution in [-0.2, 0) is 22.6 Å². The molecule has 0 unspecified atom stereocenters. The van der Waals surface area contributed by atoms with Gasteiger partial charge in [-0.05, 0) is 44.2 Å². The molecule has 0 N–H and O–H groups in total. The number of nitrogens with zero attached hydrogens (tertiary/aromatic N) is 3. The fraction of sp³-hybridized carbons (Fsp3) is 0.571. The second-order valence-electron chi connectivity index (χ2n) is 7.48. The Morgan fingerprint density at radius 2 is 1.93 bits per heavy atom. The van der Waals surface area contributed by atoms with Gasteiger partial charge in [0.2, 0.25) is 0 Å². The van der Waals surface area contributed by atoms with Gasteiger partial charge in [0.15, 0.2) is 6.23 Å². The molecule has 2 atom stereocenters.